The monoisotopic (exact) mass is 382 g/mol. The number of ketones is 1. The van der Waals surface area contributed by atoms with Gasteiger partial charge in [-0.3, -0.25) is 9.59 Å². The summed E-state index contributed by atoms with van der Waals surface area (Å²) in [5.74, 6) is -1.45. The lowest BCUT2D eigenvalue weighted by Gasteiger charge is -2.04. The lowest BCUT2D eigenvalue weighted by molar-refractivity contribution is -0.135. The van der Waals surface area contributed by atoms with Gasteiger partial charge in [-0.25, -0.2) is 0 Å². The van der Waals surface area contributed by atoms with Crippen molar-refractivity contribution in [1.29, 1.82) is 0 Å². The fraction of sp³-hybridized carbons (Fsp3) is 0.714. The van der Waals surface area contributed by atoms with E-state index in [9.17, 15) is 9.59 Å². The molecule has 5 heteroatoms. The number of carboxylic acid groups (broad SMARTS) is 1. The molecule has 0 spiro atoms. The first-order valence-electron chi connectivity index (χ1n) is 10.1. The van der Waals surface area contributed by atoms with E-state index in [2.05, 4.69) is 6.92 Å². The molecular formula is C21H34O4S. The number of unbranched alkanes of at least 4 members (excludes halogenated alkanes) is 11. The van der Waals surface area contributed by atoms with Crippen molar-refractivity contribution in [3.05, 3.63) is 17.0 Å². The highest BCUT2D eigenvalue weighted by atomic mass is 32.1. The van der Waals surface area contributed by atoms with Gasteiger partial charge in [0.1, 0.15) is 6.42 Å². The quantitative estimate of drug-likeness (QED) is 0.190. The van der Waals surface area contributed by atoms with Crippen molar-refractivity contribution in [2.24, 2.45) is 0 Å². The van der Waals surface area contributed by atoms with E-state index in [0.29, 0.717) is 16.5 Å². The van der Waals surface area contributed by atoms with Gasteiger partial charge in [-0.15, -0.1) is 0 Å². The number of aliphatic carboxylic acids is 1. The molecule has 0 fully saturated rings. The molecule has 1 aromatic heterocycles. The van der Waals surface area contributed by atoms with Crippen LogP contribution in [0.4, 0.5) is 0 Å². The lowest BCUT2D eigenvalue weighted by atomic mass is 10.1. The predicted octanol–water partition coefficient (Wildman–Crippen LogP) is 6.49. The van der Waals surface area contributed by atoms with Crippen LogP contribution in [0.3, 0.4) is 0 Å². The van der Waals surface area contributed by atoms with Gasteiger partial charge >= 0.3 is 5.97 Å². The third-order valence-electron chi connectivity index (χ3n) is 4.41. The zero-order valence-electron chi connectivity index (χ0n) is 16.1. The molecule has 4 nitrogen and oxygen atoms in total. The number of thiophene rings is 1. The second kappa shape index (κ2) is 14.8. The van der Waals surface area contributed by atoms with Gasteiger partial charge in [0.05, 0.1) is 11.5 Å². The Labute approximate surface area is 162 Å². The smallest absolute Gasteiger partial charge is 0.311 e. The maximum atomic E-state index is 11.6. The van der Waals surface area contributed by atoms with Gasteiger partial charge in [-0.05, 0) is 18.6 Å². The molecule has 148 valence electrons. The second-order valence-electron chi connectivity index (χ2n) is 6.85. The van der Waals surface area contributed by atoms with Gasteiger partial charge in [0, 0.05) is 0 Å². The van der Waals surface area contributed by atoms with Gasteiger partial charge in [-0.1, -0.05) is 88.9 Å². The third-order valence-corrected chi connectivity index (χ3v) is 5.45. The van der Waals surface area contributed by atoms with Crippen LogP contribution in [-0.4, -0.2) is 23.5 Å². The summed E-state index contributed by atoms with van der Waals surface area (Å²) >= 11 is 1.23. The Bertz CT molecular complexity index is 510. The summed E-state index contributed by atoms with van der Waals surface area (Å²) in [6.07, 6.45) is 15.3. The predicted molar refractivity (Wildman–Crippen MR) is 107 cm³/mol. The molecule has 0 aromatic carbocycles. The molecular weight excluding hydrogens is 348 g/mol. The normalized spacial score (nSPS) is 10.8. The molecule has 1 N–H and O–H groups in total. The summed E-state index contributed by atoms with van der Waals surface area (Å²) < 4.78 is 5.65. The fourth-order valence-corrected chi connectivity index (χ4v) is 3.71. The highest BCUT2D eigenvalue weighted by Gasteiger charge is 2.13. The van der Waals surface area contributed by atoms with E-state index in [1.807, 2.05) is 0 Å². The van der Waals surface area contributed by atoms with E-state index in [-0.39, 0.29) is 5.78 Å². The SMILES string of the molecule is CCCCCCCCCCCCCCOc1ccc(C(=O)CC(=O)O)s1. The highest BCUT2D eigenvalue weighted by Crippen LogP contribution is 2.25. The zero-order valence-corrected chi connectivity index (χ0v) is 17.0. The number of hydrogen-bond acceptors (Lipinski definition) is 4. The van der Waals surface area contributed by atoms with E-state index < -0.39 is 12.4 Å². The Balaban J connectivity index is 1.94. The average molecular weight is 383 g/mol. The molecule has 0 saturated heterocycles. The number of carboxylic acids is 1. The van der Waals surface area contributed by atoms with Crippen molar-refractivity contribution in [3.8, 4) is 5.06 Å². The van der Waals surface area contributed by atoms with Crippen LogP contribution in [0.2, 0.25) is 0 Å². The molecule has 0 bridgehead atoms. The first-order valence-corrected chi connectivity index (χ1v) is 10.9. The molecule has 26 heavy (non-hydrogen) atoms. The van der Waals surface area contributed by atoms with Crippen LogP contribution in [-0.2, 0) is 4.79 Å². The maximum Gasteiger partial charge on any atom is 0.311 e. The molecule has 0 unspecified atom stereocenters. The molecule has 0 saturated carbocycles. The Morgan fingerprint density at radius 3 is 1.96 bits per heavy atom. The molecule has 1 heterocycles. The largest absolute Gasteiger partial charge is 0.484 e. The van der Waals surface area contributed by atoms with Gasteiger partial charge < -0.3 is 9.84 Å². The van der Waals surface area contributed by atoms with Crippen LogP contribution in [0, 0.1) is 0 Å². The van der Waals surface area contributed by atoms with E-state index in [0.717, 1.165) is 6.42 Å². The van der Waals surface area contributed by atoms with Gasteiger partial charge in [0.2, 0.25) is 0 Å². The minimum atomic E-state index is -1.10. The Kier molecular flexibility index (Phi) is 12.9. The topological polar surface area (TPSA) is 63.6 Å². The van der Waals surface area contributed by atoms with Gasteiger partial charge in [0.15, 0.2) is 10.8 Å². The van der Waals surface area contributed by atoms with Crippen LogP contribution >= 0.6 is 11.3 Å². The molecule has 0 aliphatic heterocycles. The molecule has 0 amide bonds. The van der Waals surface area contributed by atoms with Crippen molar-refractivity contribution in [3.63, 3.8) is 0 Å². The summed E-state index contributed by atoms with van der Waals surface area (Å²) in [7, 11) is 0. The van der Waals surface area contributed by atoms with E-state index >= 15 is 0 Å². The number of Topliss-reactive ketones (excluding diaryl/α,β-unsaturated/α-hetero) is 1. The molecule has 1 aromatic rings. The van der Waals surface area contributed by atoms with E-state index in [1.54, 1.807) is 12.1 Å². The summed E-state index contributed by atoms with van der Waals surface area (Å²) in [4.78, 5) is 22.6. The van der Waals surface area contributed by atoms with Gasteiger partial charge in [0.25, 0.3) is 0 Å². The number of carbonyl (C=O) groups is 2. The maximum absolute atomic E-state index is 11.6. The summed E-state index contributed by atoms with van der Waals surface area (Å²) in [5.41, 5.74) is 0. The lowest BCUT2D eigenvalue weighted by Crippen LogP contribution is -2.04. The summed E-state index contributed by atoms with van der Waals surface area (Å²) in [6.45, 7) is 2.91. The standard InChI is InChI=1S/C21H34O4S/c1-2-3-4-5-6-7-8-9-10-11-12-13-16-25-21-15-14-19(26-21)18(22)17-20(23)24/h14-15H,2-13,16-17H2,1H3,(H,23,24). The van der Waals surface area contributed by atoms with Crippen molar-refractivity contribution >= 4 is 23.1 Å². The highest BCUT2D eigenvalue weighted by molar-refractivity contribution is 7.15. The van der Waals surface area contributed by atoms with E-state index in [1.165, 1.54) is 82.0 Å². The first-order chi connectivity index (χ1) is 12.6. The minimum absolute atomic E-state index is 0.359. The minimum Gasteiger partial charge on any atom is -0.484 e. The summed E-state index contributed by atoms with van der Waals surface area (Å²) in [5, 5.41) is 9.34. The van der Waals surface area contributed by atoms with Crippen LogP contribution < -0.4 is 4.74 Å². The zero-order chi connectivity index (χ0) is 19.0. The average Bonchev–Trinajstić information content (AvgIpc) is 3.07. The molecule has 0 aliphatic rings. The van der Waals surface area contributed by atoms with Crippen LogP contribution in [0.15, 0.2) is 12.1 Å². The summed E-state index contributed by atoms with van der Waals surface area (Å²) in [6, 6.07) is 3.40. The molecule has 0 aliphatic carbocycles. The van der Waals surface area contributed by atoms with Crippen molar-refractivity contribution in [1.82, 2.24) is 0 Å². The molecule has 1 rings (SSSR count). The molecule has 0 radical (unpaired) electrons. The number of carbonyl (C=O) groups excluding carboxylic acids is 1. The second-order valence-corrected chi connectivity index (χ2v) is 7.90. The first kappa shape index (κ1) is 22.7. The van der Waals surface area contributed by atoms with Crippen molar-refractivity contribution < 1.29 is 19.4 Å². The number of ether oxygens (including phenoxy) is 1. The number of rotatable bonds is 17. The van der Waals surface area contributed by atoms with Crippen LogP contribution in [0.1, 0.15) is 100 Å². The Morgan fingerprint density at radius 1 is 0.885 bits per heavy atom. The van der Waals surface area contributed by atoms with Crippen LogP contribution in [0.5, 0.6) is 5.06 Å². The van der Waals surface area contributed by atoms with Crippen molar-refractivity contribution in [2.75, 3.05) is 6.61 Å². The van der Waals surface area contributed by atoms with E-state index in [4.69, 9.17) is 9.84 Å². The van der Waals surface area contributed by atoms with Gasteiger partial charge in [-0.2, -0.15) is 0 Å². The fourth-order valence-electron chi connectivity index (χ4n) is 2.89. The van der Waals surface area contributed by atoms with Crippen molar-refractivity contribution in [2.45, 2.75) is 90.4 Å². The molecule has 0 atom stereocenters. The Hall–Kier alpha value is -1.36. The number of hydrogen-bond donors (Lipinski definition) is 1. The van der Waals surface area contributed by atoms with Crippen LogP contribution in [0.25, 0.3) is 0 Å². The Morgan fingerprint density at radius 2 is 1.42 bits per heavy atom. The third kappa shape index (κ3) is 11.3.